The van der Waals surface area contributed by atoms with Gasteiger partial charge in [-0.25, -0.2) is 0 Å². The molecule has 0 unspecified atom stereocenters. The Morgan fingerprint density at radius 1 is 0.966 bits per heavy atom. The SMILES string of the molecule is CN=C(NCC1(CCOC)CCC1)NCC1(CN2CCOCC2)CCCCC1.I. The van der Waals surface area contributed by atoms with Crippen molar-refractivity contribution in [3.8, 4) is 0 Å². The molecule has 1 aliphatic heterocycles. The lowest BCUT2D eigenvalue weighted by Gasteiger charge is -2.43. The van der Waals surface area contributed by atoms with E-state index in [1.54, 1.807) is 7.11 Å². The fourth-order valence-corrected chi connectivity index (χ4v) is 5.20. The molecule has 0 spiro atoms. The van der Waals surface area contributed by atoms with Crippen LogP contribution >= 0.6 is 24.0 Å². The number of ether oxygens (including phenoxy) is 2. The molecule has 6 nitrogen and oxygen atoms in total. The first-order chi connectivity index (χ1) is 13.7. The monoisotopic (exact) mass is 522 g/mol. The van der Waals surface area contributed by atoms with Gasteiger partial charge in [0.2, 0.25) is 0 Å². The Bertz CT molecular complexity index is 487. The van der Waals surface area contributed by atoms with Crippen molar-refractivity contribution in [2.45, 2.75) is 57.8 Å². The van der Waals surface area contributed by atoms with Crippen LogP contribution in [0.5, 0.6) is 0 Å². The zero-order chi connectivity index (χ0) is 19.7. The van der Waals surface area contributed by atoms with Crippen LogP contribution in [-0.4, -0.2) is 77.6 Å². The van der Waals surface area contributed by atoms with E-state index in [4.69, 9.17) is 9.47 Å². The van der Waals surface area contributed by atoms with Crippen molar-refractivity contribution in [3.05, 3.63) is 0 Å². The van der Waals surface area contributed by atoms with Gasteiger partial charge in [0.15, 0.2) is 5.96 Å². The average molecular weight is 523 g/mol. The molecule has 170 valence electrons. The summed E-state index contributed by atoms with van der Waals surface area (Å²) in [6.45, 7) is 8.01. The summed E-state index contributed by atoms with van der Waals surface area (Å²) in [5.74, 6) is 0.968. The van der Waals surface area contributed by atoms with Crippen molar-refractivity contribution in [1.82, 2.24) is 15.5 Å². The third kappa shape index (κ3) is 7.51. The third-order valence-electron chi connectivity index (χ3n) is 7.31. The van der Waals surface area contributed by atoms with Crippen LogP contribution in [0.3, 0.4) is 0 Å². The van der Waals surface area contributed by atoms with E-state index in [0.717, 1.165) is 58.4 Å². The number of morpholine rings is 1. The molecule has 0 bridgehead atoms. The van der Waals surface area contributed by atoms with Crippen LogP contribution in [0.1, 0.15) is 57.8 Å². The molecule has 3 fully saturated rings. The number of nitrogens with zero attached hydrogens (tertiary/aromatic N) is 2. The maximum absolute atomic E-state index is 5.55. The second-order valence-electron chi connectivity index (χ2n) is 9.32. The van der Waals surface area contributed by atoms with E-state index < -0.39 is 0 Å². The summed E-state index contributed by atoms with van der Waals surface area (Å²) in [4.78, 5) is 7.13. The van der Waals surface area contributed by atoms with E-state index in [1.165, 1.54) is 57.9 Å². The summed E-state index contributed by atoms with van der Waals surface area (Å²) in [6.07, 6.45) is 11.9. The molecule has 2 saturated carbocycles. The minimum atomic E-state index is 0. The maximum atomic E-state index is 5.55. The number of halogens is 1. The van der Waals surface area contributed by atoms with Gasteiger partial charge in [0.05, 0.1) is 13.2 Å². The predicted molar refractivity (Wildman–Crippen MR) is 130 cm³/mol. The van der Waals surface area contributed by atoms with Crippen LogP contribution in [0.25, 0.3) is 0 Å². The van der Waals surface area contributed by atoms with Gasteiger partial charge >= 0.3 is 0 Å². The van der Waals surface area contributed by atoms with E-state index in [1.807, 2.05) is 7.05 Å². The quantitative estimate of drug-likeness (QED) is 0.277. The molecule has 0 aromatic carbocycles. The highest BCUT2D eigenvalue weighted by atomic mass is 127. The minimum absolute atomic E-state index is 0. The highest BCUT2D eigenvalue weighted by Crippen LogP contribution is 2.43. The van der Waals surface area contributed by atoms with Gasteiger partial charge in [0, 0.05) is 58.9 Å². The largest absolute Gasteiger partial charge is 0.385 e. The van der Waals surface area contributed by atoms with Crippen molar-refractivity contribution in [1.29, 1.82) is 0 Å². The lowest BCUT2D eigenvalue weighted by molar-refractivity contribution is 0.00817. The summed E-state index contributed by atoms with van der Waals surface area (Å²) in [5.41, 5.74) is 0.779. The van der Waals surface area contributed by atoms with Gasteiger partial charge in [-0.1, -0.05) is 25.7 Å². The number of hydrogen-bond donors (Lipinski definition) is 2. The summed E-state index contributed by atoms with van der Waals surface area (Å²) in [7, 11) is 3.70. The van der Waals surface area contributed by atoms with Crippen molar-refractivity contribution < 1.29 is 9.47 Å². The Hall–Kier alpha value is -0.120. The summed E-state index contributed by atoms with van der Waals surface area (Å²) in [5, 5.41) is 7.33. The first-order valence-electron chi connectivity index (χ1n) is 11.4. The Morgan fingerprint density at radius 3 is 2.14 bits per heavy atom. The molecule has 0 aromatic heterocycles. The number of guanidine groups is 1. The lowest BCUT2D eigenvalue weighted by Crippen LogP contribution is -2.52. The van der Waals surface area contributed by atoms with Gasteiger partial charge in [0.25, 0.3) is 0 Å². The second-order valence-corrected chi connectivity index (χ2v) is 9.32. The lowest BCUT2D eigenvalue weighted by atomic mass is 9.67. The van der Waals surface area contributed by atoms with E-state index >= 15 is 0 Å². The zero-order valence-corrected chi connectivity index (χ0v) is 21.0. The Kier molecular flexibility index (Phi) is 11.0. The number of aliphatic imine (C=N–C) groups is 1. The normalized spacial score (nSPS) is 24.3. The number of nitrogens with one attached hydrogen (secondary N) is 2. The predicted octanol–water partition coefficient (Wildman–Crippen LogP) is 3.26. The van der Waals surface area contributed by atoms with Crippen molar-refractivity contribution in [3.63, 3.8) is 0 Å². The Labute approximate surface area is 195 Å². The smallest absolute Gasteiger partial charge is 0.191 e. The molecule has 2 N–H and O–H groups in total. The molecule has 0 amide bonds. The molecule has 0 aromatic rings. The van der Waals surface area contributed by atoms with Crippen LogP contribution in [0, 0.1) is 10.8 Å². The average Bonchev–Trinajstić information content (AvgIpc) is 2.70. The molecular formula is C22H43IN4O2. The maximum Gasteiger partial charge on any atom is 0.191 e. The van der Waals surface area contributed by atoms with Gasteiger partial charge in [-0.05, 0) is 37.5 Å². The molecule has 3 rings (SSSR count). The van der Waals surface area contributed by atoms with Gasteiger partial charge in [-0.2, -0.15) is 0 Å². The van der Waals surface area contributed by atoms with Crippen molar-refractivity contribution in [2.75, 3.05) is 66.7 Å². The number of methoxy groups -OCH3 is 1. The number of rotatable bonds is 9. The highest BCUT2D eigenvalue weighted by molar-refractivity contribution is 14.0. The van der Waals surface area contributed by atoms with Gasteiger partial charge in [-0.15, -0.1) is 24.0 Å². The molecule has 7 heteroatoms. The van der Waals surface area contributed by atoms with E-state index in [9.17, 15) is 0 Å². The van der Waals surface area contributed by atoms with E-state index in [2.05, 4.69) is 20.5 Å². The van der Waals surface area contributed by atoms with Crippen LogP contribution < -0.4 is 10.6 Å². The summed E-state index contributed by atoms with van der Waals surface area (Å²) >= 11 is 0. The number of hydrogen-bond acceptors (Lipinski definition) is 4. The molecule has 3 aliphatic rings. The second kappa shape index (κ2) is 12.7. The fraction of sp³-hybridized carbons (Fsp3) is 0.955. The van der Waals surface area contributed by atoms with Crippen LogP contribution in [0.2, 0.25) is 0 Å². The fourth-order valence-electron chi connectivity index (χ4n) is 5.20. The third-order valence-corrected chi connectivity index (χ3v) is 7.31. The topological polar surface area (TPSA) is 58.1 Å². The molecular weight excluding hydrogens is 479 g/mol. The van der Waals surface area contributed by atoms with Crippen LogP contribution in [-0.2, 0) is 9.47 Å². The first kappa shape index (κ1) is 25.1. The summed E-state index contributed by atoms with van der Waals surface area (Å²) in [6, 6.07) is 0. The molecule has 29 heavy (non-hydrogen) atoms. The van der Waals surface area contributed by atoms with Gasteiger partial charge in [0.1, 0.15) is 0 Å². The molecule has 1 saturated heterocycles. The Balaban J connectivity index is 0.00000300. The van der Waals surface area contributed by atoms with E-state index in [0.29, 0.717) is 10.8 Å². The zero-order valence-electron chi connectivity index (χ0n) is 18.6. The van der Waals surface area contributed by atoms with Gasteiger partial charge in [-0.3, -0.25) is 9.89 Å². The van der Waals surface area contributed by atoms with Crippen molar-refractivity contribution in [2.24, 2.45) is 15.8 Å². The minimum Gasteiger partial charge on any atom is -0.385 e. The summed E-state index contributed by atoms with van der Waals surface area (Å²) < 4.78 is 10.9. The standard InChI is InChI=1S/C22H42N4O2.HI/c1-23-20(24-17-21(9-6-10-21)11-14-27-2)25-18-22(7-4-3-5-8-22)19-26-12-15-28-16-13-26;/h3-19H2,1-2H3,(H2,23,24,25);1H. The van der Waals surface area contributed by atoms with Gasteiger partial charge < -0.3 is 20.1 Å². The molecule has 0 atom stereocenters. The Morgan fingerprint density at radius 2 is 1.59 bits per heavy atom. The van der Waals surface area contributed by atoms with E-state index in [-0.39, 0.29) is 24.0 Å². The van der Waals surface area contributed by atoms with Crippen molar-refractivity contribution >= 4 is 29.9 Å². The van der Waals surface area contributed by atoms with Crippen LogP contribution in [0.4, 0.5) is 0 Å². The highest BCUT2D eigenvalue weighted by Gasteiger charge is 2.37. The molecule has 1 heterocycles. The first-order valence-corrected chi connectivity index (χ1v) is 11.4. The molecule has 2 aliphatic carbocycles. The van der Waals surface area contributed by atoms with Crippen LogP contribution in [0.15, 0.2) is 4.99 Å². The molecule has 0 radical (unpaired) electrons.